The van der Waals surface area contributed by atoms with E-state index in [1.165, 1.54) is 0 Å². The molecule has 0 aliphatic heterocycles. The Morgan fingerprint density at radius 2 is 1.72 bits per heavy atom. The molecule has 2 aliphatic carbocycles. The molecule has 102 valence electrons. The molecular weight excluding hydrogens is 234 g/mol. The Morgan fingerprint density at radius 1 is 1.17 bits per heavy atom. The number of hydrogen-bond donors (Lipinski definition) is 2. The smallest absolute Gasteiger partial charge is 0.408 e. The van der Waals surface area contributed by atoms with Gasteiger partial charge in [0.25, 0.3) is 0 Å². The largest absolute Gasteiger partial charge is 0.480 e. The van der Waals surface area contributed by atoms with Gasteiger partial charge in [0, 0.05) is 0 Å². The summed E-state index contributed by atoms with van der Waals surface area (Å²) in [7, 11) is 0. The topological polar surface area (TPSA) is 75.6 Å². The third kappa shape index (κ3) is 2.60. The lowest BCUT2D eigenvalue weighted by atomic mass is 9.95. The molecule has 5 nitrogen and oxygen atoms in total. The molecule has 0 bridgehead atoms. The first-order valence-corrected chi connectivity index (χ1v) is 6.41. The van der Waals surface area contributed by atoms with Crippen molar-refractivity contribution < 1.29 is 19.4 Å². The van der Waals surface area contributed by atoms with E-state index >= 15 is 0 Å². The van der Waals surface area contributed by atoms with Crippen LogP contribution in [0.1, 0.15) is 52.9 Å². The minimum atomic E-state index is -1.13. The van der Waals surface area contributed by atoms with Gasteiger partial charge < -0.3 is 15.2 Å². The molecule has 5 heteroatoms. The maximum Gasteiger partial charge on any atom is 0.408 e. The summed E-state index contributed by atoms with van der Waals surface area (Å²) in [6.07, 6.45) is 3.45. The summed E-state index contributed by atoms with van der Waals surface area (Å²) < 4.78 is 5.15. The highest BCUT2D eigenvalue weighted by Crippen LogP contribution is 2.60. The molecule has 2 aliphatic rings. The van der Waals surface area contributed by atoms with Crippen LogP contribution in [-0.4, -0.2) is 28.3 Å². The standard InChI is InChI=1S/C13H21NO4/c1-11(2,3)18-10(17)14-13(9(15)16)7-6-12(8-13)4-5-12/h4-8H2,1-3H3,(H,14,17)(H,15,16). The molecule has 2 fully saturated rings. The molecule has 0 aromatic heterocycles. The van der Waals surface area contributed by atoms with Crippen molar-refractivity contribution in [1.29, 1.82) is 0 Å². The zero-order chi connectivity index (χ0) is 13.6. The molecular formula is C13H21NO4. The molecule has 2 N–H and O–H groups in total. The van der Waals surface area contributed by atoms with Crippen molar-refractivity contribution in [2.75, 3.05) is 0 Å². The van der Waals surface area contributed by atoms with Crippen LogP contribution in [0.15, 0.2) is 0 Å². The van der Waals surface area contributed by atoms with Crippen molar-refractivity contribution in [3.63, 3.8) is 0 Å². The van der Waals surface area contributed by atoms with E-state index < -0.39 is 23.2 Å². The van der Waals surface area contributed by atoms with Crippen molar-refractivity contribution in [3.8, 4) is 0 Å². The average molecular weight is 255 g/mol. The predicted octanol–water partition coefficient (Wildman–Crippen LogP) is 2.30. The van der Waals surface area contributed by atoms with Crippen LogP contribution < -0.4 is 5.32 Å². The number of aliphatic carboxylic acids is 1. The average Bonchev–Trinajstić information content (AvgIpc) is 2.80. The number of ether oxygens (including phenoxy) is 1. The highest BCUT2D eigenvalue weighted by atomic mass is 16.6. The van der Waals surface area contributed by atoms with E-state index in [1.54, 1.807) is 20.8 Å². The molecule has 0 saturated heterocycles. The second-order valence-corrected chi connectivity index (χ2v) is 6.69. The van der Waals surface area contributed by atoms with Crippen LogP contribution in [0.3, 0.4) is 0 Å². The quantitative estimate of drug-likeness (QED) is 0.793. The SMILES string of the molecule is CC(C)(C)OC(=O)NC1(C(=O)O)CCC2(CC2)C1. The fourth-order valence-corrected chi connectivity index (χ4v) is 2.74. The summed E-state index contributed by atoms with van der Waals surface area (Å²) in [5, 5.41) is 12.0. The van der Waals surface area contributed by atoms with Crippen LogP contribution in [0, 0.1) is 5.41 Å². The van der Waals surface area contributed by atoms with Gasteiger partial charge in [0.2, 0.25) is 0 Å². The number of carbonyl (C=O) groups excluding carboxylic acids is 1. The molecule has 1 amide bonds. The van der Waals surface area contributed by atoms with Crippen molar-refractivity contribution in [2.45, 2.75) is 64.0 Å². The van der Waals surface area contributed by atoms with Crippen LogP contribution in [0.5, 0.6) is 0 Å². The van der Waals surface area contributed by atoms with Gasteiger partial charge >= 0.3 is 12.1 Å². The van der Waals surface area contributed by atoms with Gasteiger partial charge in [-0.05, 0) is 58.3 Å². The second kappa shape index (κ2) is 3.87. The van der Waals surface area contributed by atoms with E-state index in [0.717, 1.165) is 19.3 Å². The lowest BCUT2D eigenvalue weighted by Crippen LogP contribution is -2.54. The molecule has 1 spiro atoms. The normalized spacial score (nSPS) is 29.1. The summed E-state index contributed by atoms with van der Waals surface area (Å²) in [5.41, 5.74) is -1.56. The van der Waals surface area contributed by atoms with Crippen molar-refractivity contribution >= 4 is 12.1 Å². The molecule has 0 aromatic rings. The number of carbonyl (C=O) groups is 2. The molecule has 1 atom stereocenters. The minimum Gasteiger partial charge on any atom is -0.480 e. The summed E-state index contributed by atoms with van der Waals surface area (Å²) in [5.74, 6) is -0.947. The van der Waals surface area contributed by atoms with E-state index in [2.05, 4.69) is 5.32 Å². The van der Waals surface area contributed by atoms with Crippen LogP contribution in [-0.2, 0) is 9.53 Å². The van der Waals surface area contributed by atoms with Gasteiger partial charge in [-0.1, -0.05) is 0 Å². The number of carboxylic acid groups (broad SMARTS) is 1. The van der Waals surface area contributed by atoms with Crippen LogP contribution in [0.25, 0.3) is 0 Å². The number of amides is 1. The van der Waals surface area contributed by atoms with E-state index in [0.29, 0.717) is 12.8 Å². The van der Waals surface area contributed by atoms with Gasteiger partial charge in [-0.2, -0.15) is 0 Å². The maximum atomic E-state index is 11.8. The Bertz CT molecular complexity index is 381. The number of hydrogen-bond acceptors (Lipinski definition) is 3. The van der Waals surface area contributed by atoms with Crippen molar-refractivity contribution in [1.82, 2.24) is 5.32 Å². The van der Waals surface area contributed by atoms with Gasteiger partial charge in [0.05, 0.1) is 0 Å². The van der Waals surface area contributed by atoms with Crippen LogP contribution >= 0.6 is 0 Å². The molecule has 2 rings (SSSR count). The molecule has 2 saturated carbocycles. The van der Waals surface area contributed by atoms with Gasteiger partial charge in [0.1, 0.15) is 11.1 Å². The zero-order valence-electron chi connectivity index (χ0n) is 11.2. The third-order valence-electron chi connectivity index (χ3n) is 3.87. The summed E-state index contributed by atoms with van der Waals surface area (Å²) in [6, 6.07) is 0. The minimum absolute atomic E-state index is 0.174. The van der Waals surface area contributed by atoms with Gasteiger partial charge in [0.15, 0.2) is 0 Å². The number of carboxylic acids is 1. The van der Waals surface area contributed by atoms with Gasteiger partial charge in [-0.15, -0.1) is 0 Å². The van der Waals surface area contributed by atoms with E-state index in [1.807, 2.05) is 0 Å². The van der Waals surface area contributed by atoms with Crippen LogP contribution in [0.4, 0.5) is 4.79 Å². The number of rotatable bonds is 2. The monoisotopic (exact) mass is 255 g/mol. The third-order valence-corrected chi connectivity index (χ3v) is 3.87. The van der Waals surface area contributed by atoms with Crippen LogP contribution in [0.2, 0.25) is 0 Å². The fourth-order valence-electron chi connectivity index (χ4n) is 2.74. The lowest BCUT2D eigenvalue weighted by molar-refractivity contribution is -0.144. The highest BCUT2D eigenvalue weighted by molar-refractivity contribution is 5.85. The summed E-state index contributed by atoms with van der Waals surface area (Å²) in [6.45, 7) is 5.28. The molecule has 0 heterocycles. The first kappa shape index (κ1) is 13.2. The van der Waals surface area contributed by atoms with Gasteiger partial charge in [-0.25, -0.2) is 9.59 Å². The number of nitrogens with one attached hydrogen (secondary N) is 1. The molecule has 18 heavy (non-hydrogen) atoms. The highest BCUT2D eigenvalue weighted by Gasteiger charge is 2.58. The summed E-state index contributed by atoms with van der Waals surface area (Å²) in [4.78, 5) is 23.2. The Kier molecular flexibility index (Phi) is 2.83. The second-order valence-electron chi connectivity index (χ2n) is 6.69. The Hall–Kier alpha value is -1.26. The summed E-state index contributed by atoms with van der Waals surface area (Å²) >= 11 is 0. The Morgan fingerprint density at radius 3 is 2.11 bits per heavy atom. The van der Waals surface area contributed by atoms with Crippen molar-refractivity contribution in [3.05, 3.63) is 0 Å². The Labute approximate surface area is 107 Å². The molecule has 0 aromatic carbocycles. The Balaban J connectivity index is 2.04. The fraction of sp³-hybridized carbons (Fsp3) is 0.846. The van der Waals surface area contributed by atoms with E-state index in [9.17, 15) is 14.7 Å². The number of alkyl carbamates (subject to hydrolysis) is 1. The first-order valence-electron chi connectivity index (χ1n) is 6.41. The zero-order valence-corrected chi connectivity index (χ0v) is 11.2. The molecule has 1 unspecified atom stereocenters. The molecule has 0 radical (unpaired) electrons. The maximum absolute atomic E-state index is 11.8. The first-order chi connectivity index (χ1) is 8.17. The van der Waals surface area contributed by atoms with E-state index in [-0.39, 0.29) is 5.41 Å². The van der Waals surface area contributed by atoms with Gasteiger partial charge in [-0.3, -0.25) is 0 Å². The lowest BCUT2D eigenvalue weighted by Gasteiger charge is -2.28. The van der Waals surface area contributed by atoms with E-state index in [4.69, 9.17) is 4.74 Å². The predicted molar refractivity (Wildman–Crippen MR) is 65.3 cm³/mol. The van der Waals surface area contributed by atoms with Crippen molar-refractivity contribution in [2.24, 2.45) is 5.41 Å².